The summed E-state index contributed by atoms with van der Waals surface area (Å²) in [6.07, 6.45) is 7.28. The molecule has 4 rings (SSSR count). The Labute approximate surface area is 152 Å². The van der Waals surface area contributed by atoms with Crippen LogP contribution in [0.1, 0.15) is 55.7 Å². The normalized spacial score (nSPS) is 21.0. The van der Waals surface area contributed by atoms with Gasteiger partial charge in [0.15, 0.2) is 0 Å². The zero-order valence-corrected chi connectivity index (χ0v) is 15.4. The van der Waals surface area contributed by atoms with Crippen LogP contribution in [0, 0.1) is 0 Å². The Kier molecular flexibility index (Phi) is 4.50. The van der Waals surface area contributed by atoms with Gasteiger partial charge in [0, 0.05) is 23.5 Å². The van der Waals surface area contributed by atoms with Crippen molar-refractivity contribution in [2.75, 3.05) is 6.54 Å². The first kappa shape index (κ1) is 16.9. The van der Waals surface area contributed by atoms with Crippen LogP contribution < -0.4 is 5.63 Å². The lowest BCUT2D eigenvalue weighted by molar-refractivity contribution is 0.135. The van der Waals surface area contributed by atoms with Crippen molar-refractivity contribution in [2.45, 2.75) is 64.5 Å². The van der Waals surface area contributed by atoms with Gasteiger partial charge < -0.3 is 9.52 Å². The highest BCUT2D eigenvalue weighted by Crippen LogP contribution is 2.39. The molecule has 1 atom stereocenters. The van der Waals surface area contributed by atoms with Gasteiger partial charge in [-0.1, -0.05) is 24.9 Å². The van der Waals surface area contributed by atoms with E-state index in [1.807, 2.05) is 0 Å². The lowest BCUT2D eigenvalue weighted by atomic mass is 9.97. The molecular weight excluding hydrogens is 338 g/mol. The Bertz CT molecular complexity index is 874. The number of fused-ring (bicyclic) bond motifs is 3. The van der Waals surface area contributed by atoms with Crippen LogP contribution in [0.25, 0.3) is 11.0 Å². The molecule has 2 aliphatic rings. The number of hydrogen-bond acceptors (Lipinski definition) is 4. The Balaban J connectivity index is 1.86. The molecule has 1 aliphatic heterocycles. The van der Waals surface area contributed by atoms with Crippen molar-refractivity contribution in [2.24, 2.45) is 0 Å². The van der Waals surface area contributed by atoms with Crippen LogP contribution in [0.15, 0.2) is 15.3 Å². The molecule has 0 bridgehead atoms. The summed E-state index contributed by atoms with van der Waals surface area (Å²) in [5.74, 6) is 0.0516. The van der Waals surface area contributed by atoms with Crippen LogP contribution in [0.5, 0.6) is 5.75 Å². The SMILES string of the molecule is CCC1CCCCN1Cc1c(O)c(Cl)cc2c3c(c(=O)oc12)CCC3. The van der Waals surface area contributed by atoms with Crippen LogP contribution in [0.2, 0.25) is 5.02 Å². The van der Waals surface area contributed by atoms with E-state index in [0.717, 1.165) is 55.2 Å². The van der Waals surface area contributed by atoms with E-state index in [9.17, 15) is 9.90 Å². The molecule has 0 spiro atoms. The average molecular weight is 362 g/mol. The van der Waals surface area contributed by atoms with Crippen molar-refractivity contribution in [3.8, 4) is 5.75 Å². The molecule has 0 radical (unpaired) electrons. The van der Waals surface area contributed by atoms with E-state index in [1.165, 1.54) is 12.8 Å². The van der Waals surface area contributed by atoms with Crippen LogP contribution in [-0.4, -0.2) is 22.6 Å². The van der Waals surface area contributed by atoms with E-state index in [-0.39, 0.29) is 11.4 Å². The summed E-state index contributed by atoms with van der Waals surface area (Å²) in [4.78, 5) is 14.8. The molecule has 1 aromatic carbocycles. The number of nitrogens with zero attached hydrogens (tertiary/aromatic N) is 1. The number of halogens is 1. The van der Waals surface area contributed by atoms with Gasteiger partial charge in [-0.05, 0) is 56.7 Å². The van der Waals surface area contributed by atoms with E-state index >= 15 is 0 Å². The number of phenols is 1. The Morgan fingerprint density at radius 2 is 2.08 bits per heavy atom. The summed E-state index contributed by atoms with van der Waals surface area (Å²) in [5, 5.41) is 11.8. The Morgan fingerprint density at radius 3 is 2.88 bits per heavy atom. The summed E-state index contributed by atoms with van der Waals surface area (Å²) >= 11 is 6.33. The highest BCUT2D eigenvalue weighted by Gasteiger charge is 2.27. The second-order valence-electron chi connectivity index (χ2n) is 7.29. The molecule has 25 heavy (non-hydrogen) atoms. The molecule has 0 amide bonds. The number of piperidine rings is 1. The average Bonchev–Trinajstić information content (AvgIpc) is 3.11. The third-order valence-electron chi connectivity index (χ3n) is 5.87. The molecule has 1 fully saturated rings. The smallest absolute Gasteiger partial charge is 0.339 e. The van der Waals surface area contributed by atoms with Gasteiger partial charge in [0.05, 0.1) is 10.6 Å². The summed E-state index contributed by atoms with van der Waals surface area (Å²) in [5.41, 5.74) is 2.76. The fourth-order valence-corrected chi connectivity index (χ4v) is 4.74. The molecule has 1 aliphatic carbocycles. The summed E-state index contributed by atoms with van der Waals surface area (Å²) in [6, 6.07) is 2.26. The minimum Gasteiger partial charge on any atom is -0.506 e. The number of aromatic hydroxyl groups is 1. The molecule has 1 saturated heterocycles. The second-order valence-corrected chi connectivity index (χ2v) is 7.70. The number of benzene rings is 1. The zero-order valence-electron chi connectivity index (χ0n) is 14.6. The molecule has 1 unspecified atom stereocenters. The van der Waals surface area contributed by atoms with Crippen LogP contribution >= 0.6 is 11.6 Å². The van der Waals surface area contributed by atoms with Crippen molar-refractivity contribution >= 4 is 22.6 Å². The van der Waals surface area contributed by atoms with Gasteiger partial charge in [-0.3, -0.25) is 4.90 Å². The maximum Gasteiger partial charge on any atom is 0.339 e. The number of aryl methyl sites for hydroxylation is 1. The standard InChI is InChI=1S/C20H24ClNO3/c1-2-12-6-3-4-9-22(12)11-16-18(23)17(21)10-15-13-7-5-8-14(13)20(24)25-19(15)16/h10,12,23H,2-9,11H2,1H3. The molecule has 2 aromatic rings. The van der Waals surface area contributed by atoms with Crippen molar-refractivity contribution in [1.82, 2.24) is 4.90 Å². The second kappa shape index (κ2) is 6.65. The summed E-state index contributed by atoms with van der Waals surface area (Å²) < 4.78 is 5.68. The van der Waals surface area contributed by atoms with Crippen molar-refractivity contribution in [1.29, 1.82) is 0 Å². The van der Waals surface area contributed by atoms with Crippen LogP contribution in [0.4, 0.5) is 0 Å². The van der Waals surface area contributed by atoms with Crippen LogP contribution in [-0.2, 0) is 19.4 Å². The van der Waals surface area contributed by atoms with Gasteiger partial charge in [-0.15, -0.1) is 0 Å². The predicted molar refractivity (Wildman–Crippen MR) is 99.5 cm³/mol. The van der Waals surface area contributed by atoms with Gasteiger partial charge in [-0.2, -0.15) is 0 Å². The number of hydrogen-bond donors (Lipinski definition) is 1. The largest absolute Gasteiger partial charge is 0.506 e. The van der Waals surface area contributed by atoms with E-state index < -0.39 is 0 Å². The quantitative estimate of drug-likeness (QED) is 0.823. The Hall–Kier alpha value is -1.52. The van der Waals surface area contributed by atoms with Crippen LogP contribution in [0.3, 0.4) is 0 Å². The highest BCUT2D eigenvalue weighted by atomic mass is 35.5. The van der Waals surface area contributed by atoms with E-state index in [1.54, 1.807) is 6.07 Å². The Morgan fingerprint density at radius 1 is 1.28 bits per heavy atom. The van der Waals surface area contributed by atoms with Gasteiger partial charge >= 0.3 is 5.63 Å². The molecule has 2 heterocycles. The minimum atomic E-state index is -0.256. The van der Waals surface area contributed by atoms with Crippen molar-refractivity contribution < 1.29 is 9.52 Å². The monoisotopic (exact) mass is 361 g/mol. The maximum atomic E-state index is 12.4. The molecule has 5 heteroatoms. The number of phenolic OH excluding ortho intramolecular Hbond substituents is 1. The van der Waals surface area contributed by atoms with E-state index in [2.05, 4.69) is 11.8 Å². The maximum absolute atomic E-state index is 12.4. The molecule has 0 saturated carbocycles. The van der Waals surface area contributed by atoms with Gasteiger partial charge in [0.2, 0.25) is 0 Å². The number of likely N-dealkylation sites (tertiary alicyclic amines) is 1. The van der Waals surface area contributed by atoms with E-state index in [4.69, 9.17) is 16.0 Å². The number of rotatable bonds is 3. The minimum absolute atomic E-state index is 0.0516. The van der Waals surface area contributed by atoms with Crippen molar-refractivity contribution in [3.63, 3.8) is 0 Å². The van der Waals surface area contributed by atoms with Gasteiger partial charge in [-0.25, -0.2) is 4.79 Å². The third kappa shape index (κ3) is 2.85. The summed E-state index contributed by atoms with van der Waals surface area (Å²) in [6.45, 7) is 3.77. The first-order valence-electron chi connectivity index (χ1n) is 9.33. The summed E-state index contributed by atoms with van der Waals surface area (Å²) in [7, 11) is 0. The molecular formula is C20H24ClNO3. The van der Waals surface area contributed by atoms with Gasteiger partial charge in [0.1, 0.15) is 11.3 Å². The molecule has 1 N–H and O–H groups in total. The lowest BCUT2D eigenvalue weighted by Crippen LogP contribution is -2.38. The predicted octanol–water partition coefficient (Wildman–Crippen LogP) is 4.41. The third-order valence-corrected chi connectivity index (χ3v) is 6.16. The first-order valence-corrected chi connectivity index (χ1v) is 9.71. The molecule has 1 aromatic heterocycles. The molecule has 134 valence electrons. The topological polar surface area (TPSA) is 53.7 Å². The fraction of sp³-hybridized carbons (Fsp3) is 0.550. The fourth-order valence-electron chi connectivity index (χ4n) is 4.52. The van der Waals surface area contributed by atoms with E-state index in [0.29, 0.717) is 28.8 Å². The highest BCUT2D eigenvalue weighted by molar-refractivity contribution is 6.33. The lowest BCUT2D eigenvalue weighted by Gasteiger charge is -2.35. The zero-order chi connectivity index (χ0) is 17.6. The van der Waals surface area contributed by atoms with Crippen molar-refractivity contribution in [3.05, 3.63) is 38.2 Å². The van der Waals surface area contributed by atoms with Gasteiger partial charge in [0.25, 0.3) is 0 Å². The molecule has 4 nitrogen and oxygen atoms in total. The first-order chi connectivity index (χ1) is 12.1.